The van der Waals surface area contributed by atoms with E-state index in [0.717, 1.165) is 0 Å². The van der Waals surface area contributed by atoms with Gasteiger partial charge in [0, 0.05) is 24.2 Å². The van der Waals surface area contributed by atoms with Crippen LogP contribution in [0, 0.1) is 0 Å². The van der Waals surface area contributed by atoms with Crippen molar-refractivity contribution in [1.82, 2.24) is 14.9 Å². The maximum absolute atomic E-state index is 12.3. The number of carbonyl (C=O) groups is 3. The predicted molar refractivity (Wildman–Crippen MR) is 112 cm³/mol. The predicted octanol–water partition coefficient (Wildman–Crippen LogP) is 1.29. The van der Waals surface area contributed by atoms with Crippen LogP contribution < -0.4 is 10.0 Å². The van der Waals surface area contributed by atoms with Crippen LogP contribution in [0.15, 0.2) is 29.2 Å². The van der Waals surface area contributed by atoms with Crippen LogP contribution in [0.3, 0.4) is 0 Å². The Hall–Kier alpha value is -2.37. The van der Waals surface area contributed by atoms with E-state index >= 15 is 0 Å². The summed E-state index contributed by atoms with van der Waals surface area (Å²) in [7, 11) is -3.95. The zero-order chi connectivity index (χ0) is 23.0. The molecule has 0 unspecified atom stereocenters. The Morgan fingerprint density at radius 3 is 2.35 bits per heavy atom. The molecule has 0 bridgehead atoms. The van der Waals surface area contributed by atoms with Crippen LogP contribution in [0.1, 0.15) is 26.7 Å². The number of hydrogen-bond donors (Lipinski definition) is 2. The first-order valence-electron chi connectivity index (χ1n) is 9.78. The normalized spacial score (nSPS) is 15.8. The molecule has 0 aliphatic carbocycles. The number of nitrogens with zero attached hydrogens (tertiary/aromatic N) is 1. The Morgan fingerprint density at radius 2 is 1.77 bits per heavy atom. The van der Waals surface area contributed by atoms with Gasteiger partial charge < -0.3 is 19.7 Å². The van der Waals surface area contributed by atoms with Gasteiger partial charge in [0.2, 0.25) is 10.0 Å². The summed E-state index contributed by atoms with van der Waals surface area (Å²) in [5.41, 5.74) is 0. The van der Waals surface area contributed by atoms with Gasteiger partial charge in [-0.25, -0.2) is 13.2 Å². The number of halogens is 1. The number of benzene rings is 1. The lowest BCUT2D eigenvalue weighted by Gasteiger charge is -2.31. The fraction of sp³-hybridized carbons (Fsp3) is 0.526. The van der Waals surface area contributed by atoms with E-state index in [9.17, 15) is 22.8 Å². The van der Waals surface area contributed by atoms with Gasteiger partial charge in [0.05, 0.1) is 11.5 Å². The maximum Gasteiger partial charge on any atom is 0.409 e. The molecule has 1 saturated heterocycles. The van der Waals surface area contributed by atoms with Gasteiger partial charge in [-0.15, -0.1) is 0 Å². The van der Waals surface area contributed by atoms with E-state index in [4.69, 9.17) is 21.1 Å². The van der Waals surface area contributed by atoms with Crippen LogP contribution in [-0.2, 0) is 29.1 Å². The van der Waals surface area contributed by atoms with Gasteiger partial charge in [0.15, 0.2) is 6.61 Å². The lowest BCUT2D eigenvalue weighted by Crippen LogP contribution is -2.48. The first-order valence-corrected chi connectivity index (χ1v) is 11.6. The van der Waals surface area contributed by atoms with E-state index < -0.39 is 34.5 Å². The summed E-state index contributed by atoms with van der Waals surface area (Å²) in [5.74, 6) is -1.39. The summed E-state index contributed by atoms with van der Waals surface area (Å²) in [6.45, 7) is 3.72. The highest BCUT2D eigenvalue weighted by Gasteiger charge is 2.26. The molecule has 0 saturated carbocycles. The Kier molecular flexibility index (Phi) is 9.08. The first-order chi connectivity index (χ1) is 14.6. The Bertz CT molecular complexity index is 884. The summed E-state index contributed by atoms with van der Waals surface area (Å²) < 4.78 is 36.6. The molecule has 12 heteroatoms. The fourth-order valence-electron chi connectivity index (χ4n) is 2.91. The van der Waals surface area contributed by atoms with Crippen molar-refractivity contribution in [1.29, 1.82) is 0 Å². The third kappa shape index (κ3) is 7.67. The van der Waals surface area contributed by atoms with Crippen molar-refractivity contribution in [2.45, 2.75) is 43.7 Å². The second-order valence-corrected chi connectivity index (χ2v) is 9.08. The molecule has 172 valence electrons. The van der Waals surface area contributed by atoms with Crippen molar-refractivity contribution in [3.05, 3.63) is 29.3 Å². The van der Waals surface area contributed by atoms with Gasteiger partial charge in [0.1, 0.15) is 6.04 Å². The second kappa shape index (κ2) is 11.3. The highest BCUT2D eigenvalue weighted by Crippen LogP contribution is 2.14. The molecule has 10 nitrogen and oxygen atoms in total. The van der Waals surface area contributed by atoms with Crippen molar-refractivity contribution < 1.29 is 32.3 Å². The highest BCUT2D eigenvalue weighted by atomic mass is 35.5. The molecule has 1 atom stereocenters. The van der Waals surface area contributed by atoms with E-state index in [1.807, 2.05) is 0 Å². The first kappa shape index (κ1) is 24.9. The van der Waals surface area contributed by atoms with Gasteiger partial charge in [-0.2, -0.15) is 4.72 Å². The Morgan fingerprint density at radius 1 is 1.16 bits per heavy atom. The molecule has 1 fully saturated rings. The standard InChI is InChI=1S/C19H26ClN3O7S/c1-3-29-19(26)23-10-8-15(9-11-23)21-17(24)12-30-18(25)13(2)22-31(27,28)16-6-4-14(20)5-7-16/h4-7,13,15,22H,3,8-12H2,1-2H3,(H,21,24)/t13-/m0/s1. The molecular weight excluding hydrogens is 450 g/mol. The van der Waals surface area contributed by atoms with E-state index in [1.165, 1.54) is 31.2 Å². The monoisotopic (exact) mass is 475 g/mol. The molecule has 1 aromatic rings. The number of rotatable bonds is 8. The fourth-order valence-corrected chi connectivity index (χ4v) is 4.23. The average molecular weight is 476 g/mol. The second-order valence-electron chi connectivity index (χ2n) is 6.93. The molecule has 2 N–H and O–H groups in total. The molecule has 0 aromatic heterocycles. The quantitative estimate of drug-likeness (QED) is 0.541. The van der Waals surface area contributed by atoms with Crippen molar-refractivity contribution in [3.63, 3.8) is 0 Å². The maximum atomic E-state index is 12.3. The number of carbonyl (C=O) groups excluding carboxylic acids is 3. The van der Waals surface area contributed by atoms with Crippen LogP contribution in [0.2, 0.25) is 5.02 Å². The zero-order valence-electron chi connectivity index (χ0n) is 17.3. The van der Waals surface area contributed by atoms with Crippen molar-refractivity contribution in [3.8, 4) is 0 Å². The number of hydrogen-bond acceptors (Lipinski definition) is 7. The van der Waals surface area contributed by atoms with Crippen LogP contribution >= 0.6 is 11.6 Å². The smallest absolute Gasteiger partial charge is 0.409 e. The Labute approximate surface area is 186 Å². The van der Waals surface area contributed by atoms with Crippen molar-refractivity contribution in [2.24, 2.45) is 0 Å². The molecule has 2 amide bonds. The van der Waals surface area contributed by atoms with Crippen molar-refractivity contribution in [2.75, 3.05) is 26.3 Å². The molecule has 1 aliphatic heterocycles. The van der Waals surface area contributed by atoms with Crippen molar-refractivity contribution >= 4 is 39.6 Å². The molecule has 2 rings (SSSR count). The van der Waals surface area contributed by atoms with Gasteiger partial charge >= 0.3 is 12.1 Å². The zero-order valence-corrected chi connectivity index (χ0v) is 18.9. The van der Waals surface area contributed by atoms with Crippen LogP contribution in [-0.4, -0.2) is 69.7 Å². The number of nitrogens with one attached hydrogen (secondary N) is 2. The lowest BCUT2D eigenvalue weighted by molar-refractivity contribution is -0.150. The van der Waals surface area contributed by atoms with Gasteiger partial charge in [-0.05, 0) is 51.0 Å². The SMILES string of the molecule is CCOC(=O)N1CCC(NC(=O)COC(=O)[C@H](C)NS(=O)(=O)c2ccc(Cl)cc2)CC1. The lowest BCUT2D eigenvalue weighted by atomic mass is 10.1. The molecule has 31 heavy (non-hydrogen) atoms. The van der Waals surface area contributed by atoms with Crippen LogP contribution in [0.4, 0.5) is 4.79 Å². The summed E-state index contributed by atoms with van der Waals surface area (Å²) in [6, 6.07) is 4.10. The van der Waals surface area contributed by atoms with Crippen LogP contribution in [0.5, 0.6) is 0 Å². The summed E-state index contributed by atoms with van der Waals surface area (Å²) in [6.07, 6.45) is 0.724. The highest BCUT2D eigenvalue weighted by molar-refractivity contribution is 7.89. The molecule has 1 aromatic carbocycles. The third-order valence-corrected chi connectivity index (χ3v) is 6.35. The van der Waals surface area contributed by atoms with Gasteiger partial charge in [0.25, 0.3) is 5.91 Å². The Balaban J connectivity index is 1.74. The topological polar surface area (TPSA) is 131 Å². The molecule has 1 aliphatic rings. The third-order valence-electron chi connectivity index (χ3n) is 4.54. The van der Waals surface area contributed by atoms with E-state index in [0.29, 0.717) is 37.6 Å². The summed E-state index contributed by atoms with van der Waals surface area (Å²) >= 11 is 5.74. The average Bonchev–Trinajstić information content (AvgIpc) is 2.72. The minimum atomic E-state index is -3.95. The van der Waals surface area contributed by atoms with E-state index in [1.54, 1.807) is 11.8 Å². The number of ether oxygens (including phenoxy) is 2. The minimum absolute atomic E-state index is 0.0524. The molecule has 0 radical (unpaired) electrons. The number of amides is 2. The summed E-state index contributed by atoms with van der Waals surface area (Å²) in [5, 5.41) is 3.12. The van der Waals surface area contributed by atoms with E-state index in [-0.39, 0.29) is 17.0 Å². The molecular formula is C19H26ClN3O7S. The number of esters is 1. The van der Waals surface area contributed by atoms with Gasteiger partial charge in [-0.3, -0.25) is 9.59 Å². The van der Waals surface area contributed by atoms with Gasteiger partial charge in [-0.1, -0.05) is 11.6 Å². The number of sulfonamides is 1. The number of piperidine rings is 1. The summed E-state index contributed by atoms with van der Waals surface area (Å²) in [4.78, 5) is 37.3. The van der Waals surface area contributed by atoms with Crippen LogP contribution in [0.25, 0.3) is 0 Å². The molecule has 1 heterocycles. The number of likely N-dealkylation sites (tertiary alicyclic amines) is 1. The minimum Gasteiger partial charge on any atom is -0.454 e. The largest absolute Gasteiger partial charge is 0.454 e. The van der Waals surface area contributed by atoms with E-state index in [2.05, 4.69) is 10.0 Å². The molecule has 0 spiro atoms.